The molecule has 1 aromatic heterocycles. The van der Waals surface area contributed by atoms with Crippen molar-refractivity contribution < 1.29 is 14.6 Å². The molecule has 8 heteroatoms. The molecule has 2 heterocycles. The molecule has 0 saturated carbocycles. The lowest BCUT2D eigenvalue weighted by Gasteiger charge is -2.31. The molecule has 0 saturated heterocycles. The third-order valence-electron chi connectivity index (χ3n) is 5.85. The maximum absolute atomic E-state index is 13.6. The van der Waals surface area contributed by atoms with E-state index in [0.29, 0.717) is 38.4 Å². The molecule has 1 aliphatic carbocycles. The van der Waals surface area contributed by atoms with Gasteiger partial charge in [-0.15, -0.1) is 0 Å². The number of fused-ring (bicyclic) bond motifs is 1. The minimum Gasteiger partial charge on any atom is -0.504 e. The monoisotopic (exact) mass is 529 g/mol. The van der Waals surface area contributed by atoms with Gasteiger partial charge in [-0.25, -0.2) is 4.68 Å². The second-order valence-electron chi connectivity index (χ2n) is 7.66. The van der Waals surface area contributed by atoms with Crippen LogP contribution in [0.2, 0.25) is 0 Å². The summed E-state index contributed by atoms with van der Waals surface area (Å²) in [7, 11) is 1.48. The van der Waals surface area contributed by atoms with Crippen molar-refractivity contribution in [3.63, 3.8) is 0 Å². The molecule has 3 N–H and O–H groups in total. The fourth-order valence-corrected chi connectivity index (χ4v) is 5.07. The van der Waals surface area contributed by atoms with E-state index in [4.69, 9.17) is 4.74 Å². The number of carbonyl (C=O) groups excluding carboxylic acids is 1. The molecule has 3 aromatic rings. The maximum atomic E-state index is 13.6. The lowest BCUT2D eigenvalue weighted by atomic mass is 9.77. The zero-order chi connectivity index (χ0) is 21.7. The third-order valence-corrected chi connectivity index (χ3v) is 6.68. The molecule has 5 rings (SSSR count). The quantitative estimate of drug-likeness (QED) is 0.445. The van der Waals surface area contributed by atoms with Crippen LogP contribution in [0.15, 0.2) is 58.5 Å². The van der Waals surface area contributed by atoms with Gasteiger partial charge >= 0.3 is 0 Å². The second kappa shape index (κ2) is 7.60. The van der Waals surface area contributed by atoms with Gasteiger partial charge in [-0.2, -0.15) is 0 Å². The number of ketones is 1. The third kappa shape index (κ3) is 3.16. The average molecular weight is 529 g/mol. The first-order valence-electron chi connectivity index (χ1n) is 9.99. The standard InChI is InChI=1S/C23H20IN3O4/c1-31-17-11-12(10-14(24)21(17)29)18-19-15(8-5-9-16(19)28)25-22-20(18)23(30)27(26-22)13-6-3-2-4-7-13/h2-4,6-7,10-11,18,25-26,29H,5,8-9H2,1H3. The molecule has 2 aliphatic rings. The van der Waals surface area contributed by atoms with Crippen molar-refractivity contribution in [1.29, 1.82) is 0 Å². The molecule has 31 heavy (non-hydrogen) atoms. The summed E-state index contributed by atoms with van der Waals surface area (Å²) < 4.78 is 7.44. The lowest BCUT2D eigenvalue weighted by Crippen LogP contribution is -2.30. The van der Waals surface area contributed by atoms with E-state index < -0.39 is 5.92 Å². The first-order chi connectivity index (χ1) is 15.0. The minimum absolute atomic E-state index is 0.0401. The highest BCUT2D eigenvalue weighted by atomic mass is 127. The van der Waals surface area contributed by atoms with Crippen molar-refractivity contribution in [3.05, 3.63) is 78.8 Å². The van der Waals surface area contributed by atoms with Crippen molar-refractivity contribution in [3.8, 4) is 17.2 Å². The number of phenolic OH excluding ortho intramolecular Hbond substituents is 1. The Hall–Kier alpha value is -3.01. The summed E-state index contributed by atoms with van der Waals surface area (Å²) in [6.07, 6.45) is 1.96. The molecule has 1 atom stereocenters. The number of carbonyl (C=O) groups is 1. The SMILES string of the molecule is COc1cc(C2C3=C(CCCC3=O)Nc3[nH]n(-c4ccccc4)c(=O)c32)cc(I)c1O. The number of aromatic amines is 1. The number of rotatable bonds is 3. The summed E-state index contributed by atoms with van der Waals surface area (Å²) >= 11 is 2.03. The van der Waals surface area contributed by atoms with Gasteiger partial charge in [-0.1, -0.05) is 18.2 Å². The minimum atomic E-state index is -0.546. The molecule has 0 amide bonds. The van der Waals surface area contributed by atoms with E-state index in [1.165, 1.54) is 11.8 Å². The van der Waals surface area contributed by atoms with Gasteiger partial charge < -0.3 is 15.2 Å². The Balaban J connectivity index is 1.77. The highest BCUT2D eigenvalue weighted by Crippen LogP contribution is 2.46. The maximum Gasteiger partial charge on any atom is 0.277 e. The van der Waals surface area contributed by atoms with Crippen LogP contribution in [0.3, 0.4) is 0 Å². The van der Waals surface area contributed by atoms with Crippen LogP contribution in [-0.2, 0) is 4.79 Å². The van der Waals surface area contributed by atoms with Crippen LogP contribution in [0, 0.1) is 3.57 Å². The Morgan fingerprint density at radius 3 is 2.68 bits per heavy atom. The lowest BCUT2D eigenvalue weighted by molar-refractivity contribution is -0.116. The molecule has 158 valence electrons. The average Bonchev–Trinajstić information content (AvgIpc) is 3.11. The highest BCUT2D eigenvalue weighted by molar-refractivity contribution is 14.1. The number of Topliss-reactive ketones (excluding diaryl/α,β-unsaturated/α-hetero) is 1. The molecule has 0 bridgehead atoms. The van der Waals surface area contributed by atoms with Gasteiger partial charge in [0.15, 0.2) is 17.3 Å². The highest BCUT2D eigenvalue weighted by Gasteiger charge is 2.39. The largest absolute Gasteiger partial charge is 0.504 e. The summed E-state index contributed by atoms with van der Waals surface area (Å²) in [6.45, 7) is 0. The summed E-state index contributed by atoms with van der Waals surface area (Å²) in [5.41, 5.74) is 3.19. The molecule has 7 nitrogen and oxygen atoms in total. The number of hydrogen-bond donors (Lipinski definition) is 3. The summed E-state index contributed by atoms with van der Waals surface area (Å²) in [6, 6.07) is 12.8. The van der Waals surface area contributed by atoms with Crippen LogP contribution in [0.1, 0.15) is 36.3 Å². The van der Waals surface area contributed by atoms with Crippen LogP contribution in [-0.4, -0.2) is 27.8 Å². The van der Waals surface area contributed by atoms with Crippen LogP contribution in [0.4, 0.5) is 5.82 Å². The molecule has 1 aliphatic heterocycles. The van der Waals surface area contributed by atoms with Crippen molar-refractivity contribution in [1.82, 2.24) is 9.78 Å². The van der Waals surface area contributed by atoms with E-state index in [-0.39, 0.29) is 17.1 Å². The fraction of sp³-hybridized carbons (Fsp3) is 0.217. The zero-order valence-electron chi connectivity index (χ0n) is 16.7. The molecular weight excluding hydrogens is 509 g/mol. The molecule has 0 spiro atoms. The van der Waals surface area contributed by atoms with E-state index in [2.05, 4.69) is 10.4 Å². The predicted molar refractivity (Wildman–Crippen MR) is 125 cm³/mol. The van der Waals surface area contributed by atoms with Gasteiger partial charge in [0.2, 0.25) is 0 Å². The number of halogens is 1. The van der Waals surface area contributed by atoms with Gasteiger partial charge in [0.25, 0.3) is 5.56 Å². The Kier molecular flexibility index (Phi) is 4.88. The van der Waals surface area contributed by atoms with Gasteiger partial charge in [0.1, 0.15) is 5.82 Å². The smallest absolute Gasteiger partial charge is 0.277 e. The first-order valence-corrected chi connectivity index (χ1v) is 11.1. The van der Waals surface area contributed by atoms with Crippen molar-refractivity contribution >= 4 is 34.2 Å². The number of hydrogen-bond acceptors (Lipinski definition) is 5. The topological polar surface area (TPSA) is 96.4 Å². The van der Waals surface area contributed by atoms with Gasteiger partial charge in [-0.3, -0.25) is 14.7 Å². The summed E-state index contributed by atoms with van der Waals surface area (Å²) in [5.74, 6) is 0.440. The zero-order valence-corrected chi connectivity index (χ0v) is 18.9. The number of aromatic nitrogens is 2. The number of nitrogens with zero attached hydrogens (tertiary/aromatic N) is 1. The Labute approximate surface area is 191 Å². The normalized spacial score (nSPS) is 17.7. The summed E-state index contributed by atoms with van der Waals surface area (Å²) in [4.78, 5) is 26.6. The van der Waals surface area contributed by atoms with E-state index in [9.17, 15) is 14.7 Å². The number of allylic oxidation sites excluding steroid dienone is 2. The second-order valence-corrected chi connectivity index (χ2v) is 8.82. The number of H-pyrrole nitrogens is 1. The number of anilines is 1. The molecule has 2 aromatic carbocycles. The van der Waals surface area contributed by atoms with E-state index in [0.717, 1.165) is 24.1 Å². The Morgan fingerprint density at radius 2 is 1.94 bits per heavy atom. The van der Waals surface area contributed by atoms with Gasteiger partial charge in [-0.05, 0) is 65.3 Å². The number of para-hydroxylation sites is 1. The molecular formula is C23H20IN3O4. The van der Waals surface area contributed by atoms with Crippen LogP contribution in [0.5, 0.6) is 11.5 Å². The van der Waals surface area contributed by atoms with Crippen molar-refractivity contribution in [2.45, 2.75) is 25.2 Å². The van der Waals surface area contributed by atoms with E-state index in [1.807, 2.05) is 59.0 Å². The number of nitrogens with one attached hydrogen (secondary N) is 2. The predicted octanol–water partition coefficient (Wildman–Crippen LogP) is 4.05. The van der Waals surface area contributed by atoms with Crippen LogP contribution < -0.4 is 15.6 Å². The molecule has 0 fully saturated rings. The Bertz CT molecular complexity index is 1290. The molecule has 1 unspecified atom stereocenters. The Morgan fingerprint density at radius 1 is 1.16 bits per heavy atom. The van der Waals surface area contributed by atoms with Crippen LogP contribution >= 0.6 is 22.6 Å². The van der Waals surface area contributed by atoms with E-state index in [1.54, 1.807) is 6.07 Å². The summed E-state index contributed by atoms with van der Waals surface area (Å²) in [5, 5.41) is 16.8. The number of aromatic hydroxyl groups is 1. The van der Waals surface area contributed by atoms with Crippen LogP contribution in [0.25, 0.3) is 5.69 Å². The van der Waals surface area contributed by atoms with Crippen molar-refractivity contribution in [2.24, 2.45) is 0 Å². The number of phenols is 1. The number of ether oxygens (including phenoxy) is 1. The van der Waals surface area contributed by atoms with Crippen molar-refractivity contribution in [2.75, 3.05) is 12.4 Å². The fourth-order valence-electron chi connectivity index (χ4n) is 4.45. The van der Waals surface area contributed by atoms with Gasteiger partial charge in [0.05, 0.1) is 21.9 Å². The number of methoxy groups -OCH3 is 1. The molecule has 0 radical (unpaired) electrons. The van der Waals surface area contributed by atoms with E-state index >= 15 is 0 Å². The number of benzene rings is 2. The van der Waals surface area contributed by atoms with Gasteiger partial charge in [0, 0.05) is 23.6 Å². The first kappa shape index (κ1) is 19.9.